The zero-order valence-electron chi connectivity index (χ0n) is 8.41. The van der Waals surface area contributed by atoms with E-state index in [1.165, 1.54) is 0 Å². The van der Waals surface area contributed by atoms with Crippen molar-refractivity contribution in [3.63, 3.8) is 0 Å². The van der Waals surface area contributed by atoms with Gasteiger partial charge in [-0.15, -0.1) is 0 Å². The van der Waals surface area contributed by atoms with E-state index < -0.39 is 6.10 Å². The van der Waals surface area contributed by atoms with Gasteiger partial charge in [0.25, 0.3) is 0 Å². The molecule has 0 saturated heterocycles. The number of hydrogen-bond acceptors (Lipinski definition) is 3. The van der Waals surface area contributed by atoms with Crippen LogP contribution in [0.25, 0.3) is 0 Å². The molecule has 0 aliphatic heterocycles. The lowest BCUT2D eigenvalue weighted by atomic mass is 9.70. The molecule has 0 heterocycles. The van der Waals surface area contributed by atoms with Gasteiger partial charge >= 0.3 is 0 Å². The van der Waals surface area contributed by atoms with Crippen LogP contribution in [0, 0.1) is 16.7 Å². The van der Waals surface area contributed by atoms with E-state index in [4.69, 9.17) is 5.21 Å². The lowest BCUT2D eigenvalue weighted by Gasteiger charge is -2.35. The summed E-state index contributed by atoms with van der Waals surface area (Å²) in [5, 5.41) is 22.1. The zero-order chi connectivity index (χ0) is 9.85. The predicted octanol–water partition coefficient (Wildman–Crippen LogP) is 1.63. The SMILES string of the molecule is CC1(C)[C@H]2CC[C@@]1(C)[C@H](O)/C2=N/O. The number of aliphatic hydroxyl groups excluding tert-OH is 1. The molecule has 2 fully saturated rings. The average Bonchev–Trinajstić information content (AvgIpc) is 2.36. The Bertz CT molecular complexity index is 272. The third kappa shape index (κ3) is 0.766. The van der Waals surface area contributed by atoms with Gasteiger partial charge in [0.05, 0.1) is 5.71 Å². The van der Waals surface area contributed by atoms with Crippen molar-refractivity contribution in [2.45, 2.75) is 39.7 Å². The maximum atomic E-state index is 9.98. The summed E-state index contributed by atoms with van der Waals surface area (Å²) in [5.74, 6) is 0.262. The summed E-state index contributed by atoms with van der Waals surface area (Å²) in [7, 11) is 0. The Morgan fingerprint density at radius 1 is 1.38 bits per heavy atom. The van der Waals surface area contributed by atoms with Gasteiger partial charge in [-0.1, -0.05) is 25.9 Å². The molecule has 74 valence electrons. The second-order valence-electron chi connectivity index (χ2n) is 5.16. The fraction of sp³-hybridized carbons (Fsp3) is 0.900. The van der Waals surface area contributed by atoms with Gasteiger partial charge < -0.3 is 10.3 Å². The highest BCUT2D eigenvalue weighted by Gasteiger charge is 2.64. The van der Waals surface area contributed by atoms with Gasteiger partial charge in [-0.25, -0.2) is 0 Å². The van der Waals surface area contributed by atoms with Crippen LogP contribution in [-0.2, 0) is 0 Å². The Labute approximate surface area is 78.4 Å². The largest absolute Gasteiger partial charge is 0.411 e. The van der Waals surface area contributed by atoms with Crippen molar-refractivity contribution in [1.29, 1.82) is 0 Å². The summed E-state index contributed by atoms with van der Waals surface area (Å²) in [4.78, 5) is 0. The highest BCUT2D eigenvalue weighted by molar-refractivity contribution is 5.95. The van der Waals surface area contributed by atoms with Crippen molar-refractivity contribution in [3.8, 4) is 0 Å². The van der Waals surface area contributed by atoms with Gasteiger partial charge in [0.1, 0.15) is 6.10 Å². The van der Waals surface area contributed by atoms with Crippen molar-refractivity contribution >= 4 is 5.71 Å². The van der Waals surface area contributed by atoms with Crippen molar-refractivity contribution < 1.29 is 10.3 Å². The van der Waals surface area contributed by atoms with E-state index in [2.05, 4.69) is 25.9 Å². The van der Waals surface area contributed by atoms with E-state index in [1.807, 2.05) is 0 Å². The van der Waals surface area contributed by atoms with Gasteiger partial charge in [0.2, 0.25) is 0 Å². The van der Waals surface area contributed by atoms with E-state index in [9.17, 15) is 5.11 Å². The minimum absolute atomic E-state index is 0.0635. The summed E-state index contributed by atoms with van der Waals surface area (Å²) < 4.78 is 0. The molecule has 13 heavy (non-hydrogen) atoms. The Hall–Kier alpha value is -0.570. The molecular formula is C10H17NO2. The molecule has 2 aliphatic rings. The molecular weight excluding hydrogens is 166 g/mol. The van der Waals surface area contributed by atoms with Crippen LogP contribution < -0.4 is 0 Å². The molecule has 2 bridgehead atoms. The molecule has 0 aromatic heterocycles. The maximum absolute atomic E-state index is 9.98. The molecule has 3 atom stereocenters. The number of nitrogens with zero attached hydrogens (tertiary/aromatic N) is 1. The Kier molecular flexibility index (Phi) is 1.57. The fourth-order valence-corrected chi connectivity index (χ4v) is 3.17. The standard InChI is InChI=1S/C10H17NO2/c1-9(2)6-4-5-10(9,3)8(12)7(6)11-13/h6,8,12-13H,4-5H2,1-3H3/b11-7+/t6-,8+,10-/m0/s1. The van der Waals surface area contributed by atoms with Crippen LogP contribution in [0.5, 0.6) is 0 Å². The third-order valence-electron chi connectivity index (χ3n) is 4.65. The molecule has 0 amide bonds. The fourth-order valence-electron chi connectivity index (χ4n) is 3.17. The predicted molar refractivity (Wildman–Crippen MR) is 49.8 cm³/mol. The second-order valence-corrected chi connectivity index (χ2v) is 5.16. The molecule has 0 aromatic rings. The molecule has 2 saturated carbocycles. The van der Waals surface area contributed by atoms with Crippen molar-refractivity contribution in [2.24, 2.45) is 21.9 Å². The van der Waals surface area contributed by atoms with Crippen LogP contribution in [-0.4, -0.2) is 22.1 Å². The van der Waals surface area contributed by atoms with Gasteiger partial charge in [0, 0.05) is 11.3 Å². The molecule has 2 rings (SSSR count). The highest BCUT2D eigenvalue weighted by atomic mass is 16.4. The second kappa shape index (κ2) is 2.27. The Morgan fingerprint density at radius 2 is 2.00 bits per heavy atom. The Morgan fingerprint density at radius 3 is 2.31 bits per heavy atom. The summed E-state index contributed by atoms with van der Waals surface area (Å²) in [6, 6.07) is 0. The monoisotopic (exact) mass is 183 g/mol. The lowest BCUT2D eigenvalue weighted by Crippen LogP contribution is -2.37. The van der Waals surface area contributed by atoms with Crippen LogP contribution >= 0.6 is 0 Å². The van der Waals surface area contributed by atoms with Crippen LogP contribution in [0.15, 0.2) is 5.16 Å². The quantitative estimate of drug-likeness (QED) is 0.443. The minimum Gasteiger partial charge on any atom is -0.411 e. The zero-order valence-corrected chi connectivity index (χ0v) is 8.41. The first kappa shape index (κ1) is 9.00. The maximum Gasteiger partial charge on any atom is 0.102 e. The molecule has 3 heteroatoms. The van der Waals surface area contributed by atoms with Crippen LogP contribution in [0.4, 0.5) is 0 Å². The number of oxime groups is 1. The van der Waals surface area contributed by atoms with Crippen molar-refractivity contribution in [2.75, 3.05) is 0 Å². The number of hydrogen-bond donors (Lipinski definition) is 2. The van der Waals surface area contributed by atoms with E-state index >= 15 is 0 Å². The van der Waals surface area contributed by atoms with Crippen LogP contribution in [0.1, 0.15) is 33.6 Å². The molecule has 0 unspecified atom stereocenters. The molecule has 2 N–H and O–H groups in total. The summed E-state index contributed by atoms with van der Waals surface area (Å²) in [6.07, 6.45) is 1.52. The molecule has 3 nitrogen and oxygen atoms in total. The summed E-state index contributed by atoms with van der Waals surface area (Å²) in [5.41, 5.74) is 0.562. The van der Waals surface area contributed by atoms with E-state index in [0.717, 1.165) is 12.8 Å². The smallest absolute Gasteiger partial charge is 0.102 e. The summed E-state index contributed by atoms with van der Waals surface area (Å²) >= 11 is 0. The van der Waals surface area contributed by atoms with Crippen molar-refractivity contribution in [3.05, 3.63) is 0 Å². The molecule has 0 aromatic carbocycles. The van der Waals surface area contributed by atoms with Crippen molar-refractivity contribution in [1.82, 2.24) is 0 Å². The molecule has 0 radical (unpaired) electrons. The van der Waals surface area contributed by atoms with Gasteiger partial charge in [0.15, 0.2) is 0 Å². The van der Waals surface area contributed by atoms with Gasteiger partial charge in [-0.2, -0.15) is 0 Å². The minimum atomic E-state index is -0.550. The highest BCUT2D eigenvalue weighted by Crippen LogP contribution is 2.64. The number of aliphatic hydroxyl groups is 1. The third-order valence-corrected chi connectivity index (χ3v) is 4.65. The van der Waals surface area contributed by atoms with Gasteiger partial charge in [-0.05, 0) is 18.3 Å². The van der Waals surface area contributed by atoms with E-state index in [1.54, 1.807) is 0 Å². The first-order valence-corrected chi connectivity index (χ1v) is 4.85. The summed E-state index contributed by atoms with van der Waals surface area (Å²) in [6.45, 7) is 6.41. The molecule has 2 aliphatic carbocycles. The number of fused-ring (bicyclic) bond motifs is 2. The normalized spacial score (nSPS) is 50.3. The Balaban J connectivity index is 2.51. The van der Waals surface area contributed by atoms with Crippen LogP contribution in [0.3, 0.4) is 0 Å². The number of rotatable bonds is 0. The average molecular weight is 183 g/mol. The van der Waals surface area contributed by atoms with Gasteiger partial charge in [-0.3, -0.25) is 0 Å². The van der Waals surface area contributed by atoms with E-state index in [-0.39, 0.29) is 16.7 Å². The molecule has 0 spiro atoms. The first-order valence-electron chi connectivity index (χ1n) is 4.85. The van der Waals surface area contributed by atoms with E-state index in [0.29, 0.717) is 5.71 Å². The topological polar surface area (TPSA) is 52.8 Å². The first-order chi connectivity index (χ1) is 5.95. The lowest BCUT2D eigenvalue weighted by molar-refractivity contribution is 0.0332. The van der Waals surface area contributed by atoms with Crippen LogP contribution in [0.2, 0.25) is 0 Å².